The van der Waals surface area contributed by atoms with E-state index < -0.39 is 10.0 Å². The van der Waals surface area contributed by atoms with Crippen LogP contribution in [0.5, 0.6) is 0 Å². The molecule has 0 fully saturated rings. The van der Waals surface area contributed by atoms with Crippen molar-refractivity contribution in [3.63, 3.8) is 0 Å². The van der Waals surface area contributed by atoms with Crippen molar-refractivity contribution in [2.45, 2.75) is 32.1 Å². The normalized spacial score (nSPS) is 10.8. The van der Waals surface area contributed by atoms with Gasteiger partial charge in [0.1, 0.15) is 0 Å². The van der Waals surface area contributed by atoms with Crippen LogP contribution in [0.3, 0.4) is 0 Å². The summed E-state index contributed by atoms with van der Waals surface area (Å²) >= 11 is 0. The van der Waals surface area contributed by atoms with E-state index in [1.807, 2.05) is 13.0 Å². The van der Waals surface area contributed by atoms with Crippen molar-refractivity contribution in [2.75, 3.05) is 6.54 Å². The second-order valence-corrected chi connectivity index (χ2v) is 5.58. The first-order chi connectivity index (χ1) is 7.97. The molecule has 0 saturated carbocycles. The Kier molecular flexibility index (Phi) is 4.73. The highest BCUT2D eigenvalue weighted by molar-refractivity contribution is 7.89. The van der Waals surface area contributed by atoms with Crippen molar-refractivity contribution in [3.8, 4) is 11.8 Å². The molecule has 17 heavy (non-hydrogen) atoms. The van der Waals surface area contributed by atoms with E-state index in [0.29, 0.717) is 17.9 Å². The third-order valence-corrected chi connectivity index (χ3v) is 3.96. The molecule has 3 nitrogen and oxygen atoms in total. The monoisotopic (exact) mass is 251 g/mol. The molecule has 1 aromatic carbocycles. The number of rotatable bonds is 4. The lowest BCUT2D eigenvalue weighted by molar-refractivity contribution is 0.582. The summed E-state index contributed by atoms with van der Waals surface area (Å²) in [7, 11) is -3.41. The van der Waals surface area contributed by atoms with Crippen molar-refractivity contribution >= 4 is 10.0 Å². The zero-order chi connectivity index (χ0) is 12.9. The van der Waals surface area contributed by atoms with Gasteiger partial charge in [0.05, 0.1) is 4.90 Å². The van der Waals surface area contributed by atoms with Crippen molar-refractivity contribution in [3.05, 3.63) is 29.3 Å². The average molecular weight is 251 g/mol. The Morgan fingerprint density at radius 2 is 2.00 bits per heavy atom. The van der Waals surface area contributed by atoms with Crippen LogP contribution in [0.2, 0.25) is 0 Å². The second-order valence-electron chi connectivity index (χ2n) is 3.84. The topological polar surface area (TPSA) is 46.2 Å². The molecule has 1 N–H and O–H groups in total. The minimum Gasteiger partial charge on any atom is -0.210 e. The molecule has 0 aliphatic heterocycles. The number of hydrogen-bond donors (Lipinski definition) is 1. The molecule has 4 heteroatoms. The minimum atomic E-state index is -3.41. The smallest absolute Gasteiger partial charge is 0.210 e. The predicted molar refractivity (Wildman–Crippen MR) is 69.2 cm³/mol. The molecule has 0 aliphatic carbocycles. The highest BCUT2D eigenvalue weighted by Gasteiger charge is 2.15. The minimum absolute atomic E-state index is 0.340. The largest absolute Gasteiger partial charge is 0.240 e. The number of nitrogens with one attached hydrogen (secondary N) is 1. The van der Waals surface area contributed by atoms with Crippen LogP contribution >= 0.6 is 0 Å². The van der Waals surface area contributed by atoms with E-state index >= 15 is 0 Å². The van der Waals surface area contributed by atoms with Crippen LogP contribution in [-0.4, -0.2) is 15.0 Å². The van der Waals surface area contributed by atoms with Gasteiger partial charge in [-0.2, -0.15) is 0 Å². The van der Waals surface area contributed by atoms with E-state index in [9.17, 15) is 8.42 Å². The molecule has 0 amide bonds. The number of aryl methyl sites for hydroxylation is 2. The molecule has 1 rings (SSSR count). The van der Waals surface area contributed by atoms with Gasteiger partial charge in [-0.3, -0.25) is 0 Å². The number of hydrogen-bond acceptors (Lipinski definition) is 2. The Balaban J connectivity index is 2.85. The molecule has 92 valence electrons. The van der Waals surface area contributed by atoms with Gasteiger partial charge in [-0.15, -0.1) is 11.8 Å². The summed E-state index contributed by atoms with van der Waals surface area (Å²) in [5.41, 5.74) is 1.82. The molecule has 0 aliphatic rings. The Hall–Kier alpha value is -1.31. The van der Waals surface area contributed by atoms with Gasteiger partial charge in [0, 0.05) is 13.0 Å². The summed E-state index contributed by atoms with van der Waals surface area (Å²) in [6, 6.07) is 5.30. The maximum absolute atomic E-state index is 12.0. The van der Waals surface area contributed by atoms with Crippen LogP contribution in [-0.2, 0) is 10.0 Å². The molecule has 0 aromatic heterocycles. The molecule has 1 aromatic rings. The Morgan fingerprint density at radius 1 is 1.29 bits per heavy atom. The van der Waals surface area contributed by atoms with E-state index in [1.54, 1.807) is 26.0 Å². The molecule has 0 heterocycles. The zero-order valence-electron chi connectivity index (χ0n) is 10.4. The van der Waals surface area contributed by atoms with Crippen molar-refractivity contribution < 1.29 is 8.42 Å². The van der Waals surface area contributed by atoms with Gasteiger partial charge in [-0.1, -0.05) is 17.7 Å². The molecular formula is C13H17NO2S. The van der Waals surface area contributed by atoms with Crippen LogP contribution in [0.4, 0.5) is 0 Å². The first-order valence-corrected chi connectivity index (χ1v) is 6.92. The van der Waals surface area contributed by atoms with Gasteiger partial charge in [0.15, 0.2) is 0 Å². The Morgan fingerprint density at radius 3 is 2.59 bits per heavy atom. The standard InChI is InChI=1S/C13H17NO2S/c1-4-5-6-9-14-17(15,16)13-8-7-11(2)10-12(13)3/h7-8,10,14H,6,9H2,1-3H3. The molecule has 0 bridgehead atoms. The molecule has 0 atom stereocenters. The molecule has 0 spiro atoms. The summed E-state index contributed by atoms with van der Waals surface area (Å²) in [5.74, 6) is 5.55. The van der Waals surface area contributed by atoms with Gasteiger partial charge in [-0.05, 0) is 32.4 Å². The third kappa shape index (κ3) is 3.88. The lowest BCUT2D eigenvalue weighted by Crippen LogP contribution is -2.25. The summed E-state index contributed by atoms with van der Waals surface area (Å²) in [4.78, 5) is 0.340. The first kappa shape index (κ1) is 13.8. The van der Waals surface area contributed by atoms with E-state index in [1.165, 1.54) is 0 Å². The second kappa shape index (κ2) is 5.85. The van der Waals surface area contributed by atoms with Crippen LogP contribution in [0.25, 0.3) is 0 Å². The molecular weight excluding hydrogens is 234 g/mol. The lowest BCUT2D eigenvalue weighted by atomic mass is 10.2. The first-order valence-electron chi connectivity index (χ1n) is 5.44. The summed E-state index contributed by atoms with van der Waals surface area (Å²) in [6.45, 7) is 5.82. The zero-order valence-corrected chi connectivity index (χ0v) is 11.2. The van der Waals surface area contributed by atoms with Crippen molar-refractivity contribution in [2.24, 2.45) is 0 Å². The van der Waals surface area contributed by atoms with Crippen molar-refractivity contribution in [1.29, 1.82) is 0 Å². The Labute approximate surface area is 103 Å². The predicted octanol–water partition coefficient (Wildman–Crippen LogP) is 2.00. The Bertz CT molecular complexity index is 551. The molecule has 0 radical (unpaired) electrons. The fourth-order valence-electron chi connectivity index (χ4n) is 1.55. The van der Waals surface area contributed by atoms with E-state index in [4.69, 9.17) is 0 Å². The lowest BCUT2D eigenvalue weighted by Gasteiger charge is -2.08. The fraction of sp³-hybridized carbons (Fsp3) is 0.385. The maximum Gasteiger partial charge on any atom is 0.240 e. The summed E-state index contributed by atoms with van der Waals surface area (Å²) < 4.78 is 26.5. The summed E-state index contributed by atoms with van der Waals surface area (Å²) in [5, 5.41) is 0. The quantitative estimate of drug-likeness (QED) is 0.657. The van der Waals surface area contributed by atoms with Crippen LogP contribution < -0.4 is 4.72 Å². The van der Waals surface area contributed by atoms with E-state index in [-0.39, 0.29) is 0 Å². The maximum atomic E-state index is 12.0. The van der Waals surface area contributed by atoms with Gasteiger partial charge >= 0.3 is 0 Å². The molecule has 0 saturated heterocycles. The summed E-state index contributed by atoms with van der Waals surface area (Å²) in [6.07, 6.45) is 0.528. The molecule has 0 unspecified atom stereocenters. The van der Waals surface area contributed by atoms with Gasteiger partial charge < -0.3 is 0 Å². The number of sulfonamides is 1. The van der Waals surface area contributed by atoms with Gasteiger partial charge in [0.2, 0.25) is 10.0 Å². The van der Waals surface area contributed by atoms with E-state index in [2.05, 4.69) is 16.6 Å². The number of benzene rings is 1. The van der Waals surface area contributed by atoms with Crippen LogP contribution in [0, 0.1) is 25.7 Å². The SMILES string of the molecule is CC#CCCNS(=O)(=O)c1ccc(C)cc1C. The average Bonchev–Trinajstić information content (AvgIpc) is 2.24. The third-order valence-electron chi connectivity index (χ3n) is 2.34. The van der Waals surface area contributed by atoms with Gasteiger partial charge in [0.25, 0.3) is 0 Å². The van der Waals surface area contributed by atoms with Crippen molar-refractivity contribution in [1.82, 2.24) is 4.72 Å². The fourth-order valence-corrected chi connectivity index (χ4v) is 2.81. The van der Waals surface area contributed by atoms with Gasteiger partial charge in [-0.25, -0.2) is 13.1 Å². The van der Waals surface area contributed by atoms with Crippen LogP contribution in [0.15, 0.2) is 23.1 Å². The highest BCUT2D eigenvalue weighted by Crippen LogP contribution is 2.15. The van der Waals surface area contributed by atoms with Crippen LogP contribution in [0.1, 0.15) is 24.5 Å². The highest BCUT2D eigenvalue weighted by atomic mass is 32.2. The van der Waals surface area contributed by atoms with E-state index in [0.717, 1.165) is 11.1 Å².